The Kier molecular flexibility index (Phi) is 4.66. The highest BCUT2D eigenvalue weighted by Gasteiger charge is 2.30. The lowest BCUT2D eigenvalue weighted by Gasteiger charge is -2.11. The number of sulfone groups is 1. The van der Waals surface area contributed by atoms with E-state index in [0.29, 0.717) is 16.5 Å². The van der Waals surface area contributed by atoms with Gasteiger partial charge in [0.25, 0.3) is 0 Å². The zero-order valence-electron chi connectivity index (χ0n) is 13.7. The molecule has 0 spiro atoms. The van der Waals surface area contributed by atoms with E-state index in [0.717, 1.165) is 12.1 Å². The monoisotopic (exact) mass is 380 g/mol. The second kappa shape index (κ2) is 6.64. The van der Waals surface area contributed by atoms with E-state index in [1.54, 1.807) is 37.3 Å². The van der Waals surface area contributed by atoms with Crippen LogP contribution in [0, 0.1) is 0 Å². The Morgan fingerprint density at radius 2 is 1.65 bits per heavy atom. The third-order valence-corrected chi connectivity index (χ3v) is 5.69. The fourth-order valence-electron chi connectivity index (χ4n) is 2.52. The fourth-order valence-corrected chi connectivity index (χ4v) is 3.44. The van der Waals surface area contributed by atoms with Crippen LogP contribution in [0.15, 0.2) is 65.6 Å². The normalized spacial score (nSPS) is 12.3. The van der Waals surface area contributed by atoms with Crippen LogP contribution in [0.25, 0.3) is 10.8 Å². The Morgan fingerprint density at radius 3 is 2.27 bits per heavy atom. The van der Waals surface area contributed by atoms with Gasteiger partial charge in [0.2, 0.25) is 0 Å². The second-order valence-electron chi connectivity index (χ2n) is 5.67. The third kappa shape index (κ3) is 3.67. The van der Waals surface area contributed by atoms with E-state index in [1.807, 2.05) is 0 Å². The molecule has 0 amide bonds. The quantitative estimate of drug-likeness (QED) is 0.605. The molecule has 0 atom stereocenters. The van der Waals surface area contributed by atoms with Crippen LogP contribution in [-0.4, -0.2) is 14.2 Å². The van der Waals surface area contributed by atoms with Crippen LogP contribution in [0.4, 0.5) is 13.2 Å². The van der Waals surface area contributed by atoms with Crippen molar-refractivity contribution in [1.82, 2.24) is 0 Å². The molecular weight excluding hydrogens is 365 g/mol. The molecule has 3 aromatic rings. The standard InChI is InChI=1S/C19H15F3O3S/c1-2-26(23,24)16-10-11-17-13(12-16)4-3-5-18(17)25-15-8-6-14(7-9-15)19(20,21)22/h3-12H,2H2,1H3. The average Bonchev–Trinajstić information content (AvgIpc) is 2.61. The van der Waals surface area contributed by atoms with Crippen molar-refractivity contribution in [2.75, 3.05) is 5.75 Å². The van der Waals surface area contributed by atoms with Crippen molar-refractivity contribution in [3.63, 3.8) is 0 Å². The number of hydrogen-bond donors (Lipinski definition) is 0. The molecule has 0 aliphatic rings. The SMILES string of the molecule is CCS(=O)(=O)c1ccc2c(Oc3ccc(C(F)(F)F)cc3)cccc2c1. The van der Waals surface area contributed by atoms with Crippen LogP contribution in [0.1, 0.15) is 12.5 Å². The van der Waals surface area contributed by atoms with Crippen LogP contribution < -0.4 is 4.74 Å². The van der Waals surface area contributed by atoms with E-state index in [9.17, 15) is 21.6 Å². The average molecular weight is 380 g/mol. The van der Waals surface area contributed by atoms with Crippen molar-refractivity contribution in [1.29, 1.82) is 0 Å². The van der Waals surface area contributed by atoms with E-state index < -0.39 is 21.6 Å². The Hall–Kier alpha value is -2.54. The lowest BCUT2D eigenvalue weighted by atomic mass is 10.1. The molecule has 0 aliphatic heterocycles. The molecule has 0 saturated carbocycles. The number of benzene rings is 3. The summed E-state index contributed by atoms with van der Waals surface area (Å²) >= 11 is 0. The van der Waals surface area contributed by atoms with E-state index in [1.165, 1.54) is 18.2 Å². The number of rotatable bonds is 4. The molecule has 3 nitrogen and oxygen atoms in total. The lowest BCUT2D eigenvalue weighted by Crippen LogP contribution is -2.04. The highest BCUT2D eigenvalue weighted by molar-refractivity contribution is 7.91. The first-order valence-corrected chi connectivity index (χ1v) is 9.46. The zero-order chi connectivity index (χ0) is 18.9. The van der Waals surface area contributed by atoms with Gasteiger partial charge in [-0.05, 0) is 53.9 Å². The van der Waals surface area contributed by atoms with Crippen molar-refractivity contribution < 1.29 is 26.3 Å². The van der Waals surface area contributed by atoms with Crippen LogP contribution in [-0.2, 0) is 16.0 Å². The van der Waals surface area contributed by atoms with Gasteiger partial charge in [-0.1, -0.05) is 19.1 Å². The number of alkyl halides is 3. The molecule has 0 bridgehead atoms. The van der Waals surface area contributed by atoms with Gasteiger partial charge in [-0.3, -0.25) is 0 Å². The number of fused-ring (bicyclic) bond motifs is 1. The topological polar surface area (TPSA) is 43.4 Å². The maximum absolute atomic E-state index is 12.6. The summed E-state index contributed by atoms with van der Waals surface area (Å²) in [6.45, 7) is 1.57. The van der Waals surface area contributed by atoms with Crippen molar-refractivity contribution in [3.05, 3.63) is 66.2 Å². The van der Waals surface area contributed by atoms with Crippen molar-refractivity contribution in [2.24, 2.45) is 0 Å². The summed E-state index contributed by atoms with van der Waals surface area (Å²) in [5.74, 6) is 0.693. The number of ether oxygens (including phenoxy) is 1. The van der Waals surface area contributed by atoms with Crippen molar-refractivity contribution >= 4 is 20.6 Å². The highest BCUT2D eigenvalue weighted by atomic mass is 32.2. The molecule has 0 N–H and O–H groups in total. The predicted molar refractivity (Wildman–Crippen MR) is 93.2 cm³/mol. The summed E-state index contributed by atoms with van der Waals surface area (Å²) in [7, 11) is -3.33. The Labute approximate surface area is 149 Å². The first kappa shape index (κ1) is 18.3. The molecule has 136 valence electrons. The van der Waals surface area contributed by atoms with Gasteiger partial charge in [0.05, 0.1) is 16.2 Å². The first-order chi connectivity index (χ1) is 12.2. The van der Waals surface area contributed by atoms with Crippen LogP contribution >= 0.6 is 0 Å². The lowest BCUT2D eigenvalue weighted by molar-refractivity contribution is -0.137. The summed E-state index contributed by atoms with van der Waals surface area (Å²) in [6, 6.07) is 14.2. The molecule has 0 aromatic heterocycles. The molecule has 7 heteroatoms. The van der Waals surface area contributed by atoms with Crippen LogP contribution in [0.2, 0.25) is 0 Å². The smallest absolute Gasteiger partial charge is 0.416 e. The molecule has 3 rings (SSSR count). The molecule has 26 heavy (non-hydrogen) atoms. The molecule has 0 radical (unpaired) electrons. The summed E-state index contributed by atoms with van der Waals surface area (Å²) in [6.07, 6.45) is -4.40. The molecule has 0 unspecified atom stereocenters. The molecule has 0 fully saturated rings. The van der Waals surface area contributed by atoms with E-state index >= 15 is 0 Å². The minimum absolute atomic E-state index is 0.000249. The summed E-state index contributed by atoms with van der Waals surface area (Å²) in [5.41, 5.74) is -0.753. The Morgan fingerprint density at radius 1 is 0.962 bits per heavy atom. The predicted octanol–water partition coefficient (Wildman–Crippen LogP) is 5.44. The summed E-state index contributed by atoms with van der Waals surface area (Å²) in [5, 5.41) is 1.34. The third-order valence-electron chi connectivity index (χ3n) is 3.96. The van der Waals surface area contributed by atoms with Gasteiger partial charge in [-0.2, -0.15) is 13.2 Å². The summed E-state index contributed by atoms with van der Waals surface area (Å²) in [4.78, 5) is 0.221. The van der Waals surface area contributed by atoms with Gasteiger partial charge in [0.15, 0.2) is 9.84 Å². The Balaban J connectivity index is 1.96. The molecule has 0 saturated heterocycles. The second-order valence-corrected chi connectivity index (χ2v) is 7.94. The fraction of sp³-hybridized carbons (Fsp3) is 0.158. The molecular formula is C19H15F3O3S. The van der Waals surface area contributed by atoms with Crippen LogP contribution in [0.5, 0.6) is 11.5 Å². The van der Waals surface area contributed by atoms with Gasteiger partial charge in [0, 0.05) is 5.39 Å². The van der Waals surface area contributed by atoms with Crippen molar-refractivity contribution in [3.8, 4) is 11.5 Å². The minimum Gasteiger partial charge on any atom is -0.457 e. The minimum atomic E-state index is -4.40. The molecule has 0 aliphatic carbocycles. The maximum atomic E-state index is 12.6. The Bertz CT molecular complexity index is 1040. The molecule has 0 heterocycles. The number of halogens is 3. The van der Waals surface area contributed by atoms with Gasteiger partial charge in [0.1, 0.15) is 11.5 Å². The van der Waals surface area contributed by atoms with Gasteiger partial charge in [-0.15, -0.1) is 0 Å². The van der Waals surface area contributed by atoms with Gasteiger partial charge >= 0.3 is 6.18 Å². The van der Waals surface area contributed by atoms with E-state index in [2.05, 4.69) is 0 Å². The van der Waals surface area contributed by atoms with Crippen LogP contribution in [0.3, 0.4) is 0 Å². The van der Waals surface area contributed by atoms with E-state index in [4.69, 9.17) is 4.74 Å². The van der Waals surface area contributed by atoms with Gasteiger partial charge < -0.3 is 4.74 Å². The molecule has 3 aromatic carbocycles. The van der Waals surface area contributed by atoms with Crippen molar-refractivity contribution in [2.45, 2.75) is 18.0 Å². The largest absolute Gasteiger partial charge is 0.457 e. The first-order valence-electron chi connectivity index (χ1n) is 7.81. The van der Waals surface area contributed by atoms with E-state index in [-0.39, 0.29) is 16.4 Å². The number of hydrogen-bond acceptors (Lipinski definition) is 3. The highest BCUT2D eigenvalue weighted by Crippen LogP contribution is 2.34. The zero-order valence-corrected chi connectivity index (χ0v) is 14.6. The maximum Gasteiger partial charge on any atom is 0.416 e. The van der Waals surface area contributed by atoms with Gasteiger partial charge in [-0.25, -0.2) is 8.42 Å². The summed E-state index contributed by atoms with van der Waals surface area (Å²) < 4.78 is 67.6.